The fraction of sp³-hybridized carbons (Fsp3) is 0.444. The maximum atomic E-state index is 13.0. The number of rotatable bonds is 7. The van der Waals surface area contributed by atoms with Gasteiger partial charge >= 0.3 is 0 Å². The number of unbranched alkanes of at least 4 members (excludes halogenated alkanes) is 3. The number of nitrogens with zero attached hydrogens (tertiary/aromatic N) is 4. The van der Waals surface area contributed by atoms with E-state index in [4.69, 9.17) is 11.6 Å². The van der Waals surface area contributed by atoms with Gasteiger partial charge in [0.1, 0.15) is 17.1 Å². The highest BCUT2D eigenvalue weighted by atomic mass is 35.5. The van der Waals surface area contributed by atoms with E-state index in [1.165, 1.54) is 6.33 Å². The summed E-state index contributed by atoms with van der Waals surface area (Å²) in [6.45, 7) is 4.28. The topological polar surface area (TPSA) is 71.6 Å². The molecule has 0 unspecified atom stereocenters. The molecule has 2 aromatic rings. The van der Waals surface area contributed by atoms with Crippen LogP contribution in [0.15, 0.2) is 29.8 Å². The van der Waals surface area contributed by atoms with Gasteiger partial charge in [0.2, 0.25) is 0 Å². The van der Waals surface area contributed by atoms with E-state index in [0.29, 0.717) is 28.3 Å². The number of nitriles is 1. The molecular formula is C18H19ClN4O. The smallest absolute Gasteiger partial charge is 0.257 e. The first-order valence-electron chi connectivity index (χ1n) is 8.19. The summed E-state index contributed by atoms with van der Waals surface area (Å²) in [5.74, 6) is 0. The fourth-order valence-corrected chi connectivity index (χ4v) is 3.19. The number of allylic oxidation sites excluding steroid dienone is 1. The SMILES string of the molecule is C=CCCCCCn1c(=O)c(C2(C#N)CC2)cc2c(Cl)ncnc21. The van der Waals surface area contributed by atoms with Gasteiger partial charge in [-0.1, -0.05) is 24.1 Å². The Morgan fingerprint density at radius 2 is 2.17 bits per heavy atom. The molecule has 1 aliphatic carbocycles. The summed E-state index contributed by atoms with van der Waals surface area (Å²) >= 11 is 6.21. The quantitative estimate of drug-likeness (QED) is 0.436. The largest absolute Gasteiger partial charge is 0.292 e. The van der Waals surface area contributed by atoms with Gasteiger partial charge in [-0.15, -0.1) is 6.58 Å². The Morgan fingerprint density at radius 1 is 1.38 bits per heavy atom. The molecule has 0 radical (unpaired) electrons. The van der Waals surface area contributed by atoms with Gasteiger partial charge in [-0.25, -0.2) is 9.97 Å². The lowest BCUT2D eigenvalue weighted by Crippen LogP contribution is -2.29. The van der Waals surface area contributed by atoms with E-state index in [1.54, 1.807) is 10.6 Å². The van der Waals surface area contributed by atoms with E-state index in [-0.39, 0.29) is 5.56 Å². The van der Waals surface area contributed by atoms with Gasteiger partial charge in [-0.3, -0.25) is 9.36 Å². The van der Waals surface area contributed by atoms with Crippen molar-refractivity contribution in [2.45, 2.75) is 50.5 Å². The van der Waals surface area contributed by atoms with Crippen LogP contribution in [0.2, 0.25) is 5.15 Å². The molecule has 0 amide bonds. The highest BCUT2D eigenvalue weighted by molar-refractivity contribution is 6.33. The van der Waals surface area contributed by atoms with Crippen LogP contribution in [0.1, 0.15) is 44.1 Å². The van der Waals surface area contributed by atoms with Crippen molar-refractivity contribution in [1.29, 1.82) is 5.26 Å². The van der Waals surface area contributed by atoms with Gasteiger partial charge in [0.15, 0.2) is 0 Å². The molecule has 0 aromatic carbocycles. The number of aryl methyl sites for hydroxylation is 1. The molecule has 0 N–H and O–H groups in total. The minimum Gasteiger partial charge on any atom is -0.292 e. The molecule has 1 saturated carbocycles. The maximum Gasteiger partial charge on any atom is 0.257 e. The Balaban J connectivity index is 2.04. The zero-order valence-corrected chi connectivity index (χ0v) is 14.2. The van der Waals surface area contributed by atoms with Gasteiger partial charge in [0, 0.05) is 12.1 Å². The van der Waals surface area contributed by atoms with Crippen LogP contribution in [-0.2, 0) is 12.0 Å². The predicted molar refractivity (Wildman–Crippen MR) is 94.0 cm³/mol. The second-order valence-corrected chi connectivity index (χ2v) is 6.61. The van der Waals surface area contributed by atoms with Crippen LogP contribution in [0.4, 0.5) is 0 Å². The van der Waals surface area contributed by atoms with E-state index in [1.807, 2.05) is 6.08 Å². The molecule has 0 saturated heterocycles. The van der Waals surface area contributed by atoms with E-state index in [9.17, 15) is 10.1 Å². The van der Waals surface area contributed by atoms with Crippen LogP contribution in [-0.4, -0.2) is 14.5 Å². The first kappa shape index (κ1) is 16.7. The number of aromatic nitrogens is 3. The van der Waals surface area contributed by atoms with E-state index in [0.717, 1.165) is 38.5 Å². The van der Waals surface area contributed by atoms with Crippen LogP contribution in [0.3, 0.4) is 0 Å². The average molecular weight is 343 g/mol. The zero-order valence-electron chi connectivity index (χ0n) is 13.5. The highest BCUT2D eigenvalue weighted by Crippen LogP contribution is 2.46. The molecule has 5 nitrogen and oxygen atoms in total. The van der Waals surface area contributed by atoms with Crippen LogP contribution in [0.5, 0.6) is 0 Å². The third kappa shape index (κ3) is 2.94. The Bertz CT molecular complexity index is 877. The molecule has 6 heteroatoms. The molecule has 0 atom stereocenters. The fourth-order valence-electron chi connectivity index (χ4n) is 3.00. The third-order valence-electron chi connectivity index (χ3n) is 4.60. The molecule has 2 aromatic heterocycles. The van der Waals surface area contributed by atoms with Crippen LogP contribution >= 0.6 is 11.6 Å². The molecular weight excluding hydrogens is 324 g/mol. The molecule has 3 rings (SSSR count). The first-order chi connectivity index (χ1) is 11.6. The van der Waals surface area contributed by atoms with Crippen molar-refractivity contribution in [3.63, 3.8) is 0 Å². The van der Waals surface area contributed by atoms with Crippen molar-refractivity contribution in [2.24, 2.45) is 0 Å². The Labute approximate surface area is 145 Å². The molecule has 0 spiro atoms. The van der Waals surface area contributed by atoms with E-state index in [2.05, 4.69) is 22.6 Å². The van der Waals surface area contributed by atoms with Crippen molar-refractivity contribution >= 4 is 22.6 Å². The zero-order chi connectivity index (χ0) is 17.2. The molecule has 1 fully saturated rings. The van der Waals surface area contributed by atoms with Gasteiger partial charge in [0.05, 0.1) is 16.9 Å². The standard InChI is InChI=1S/C18H19ClN4O/c1-2-3-4-5-6-9-23-16-13(15(19)21-12-22-16)10-14(17(23)24)18(11-20)7-8-18/h2,10,12H,1,3-9H2. The number of hydrogen-bond acceptors (Lipinski definition) is 4. The Hall–Kier alpha value is -2.19. The predicted octanol–water partition coefficient (Wildman–Crippen LogP) is 3.75. The lowest BCUT2D eigenvalue weighted by Gasteiger charge is -2.14. The molecule has 2 heterocycles. The molecule has 0 aliphatic heterocycles. The summed E-state index contributed by atoms with van der Waals surface area (Å²) < 4.78 is 1.66. The van der Waals surface area contributed by atoms with Gasteiger partial charge in [-0.2, -0.15) is 5.26 Å². The van der Waals surface area contributed by atoms with Gasteiger partial charge in [0.25, 0.3) is 5.56 Å². The van der Waals surface area contributed by atoms with Crippen LogP contribution < -0.4 is 5.56 Å². The molecule has 124 valence electrons. The molecule has 24 heavy (non-hydrogen) atoms. The number of halogens is 1. The summed E-state index contributed by atoms with van der Waals surface area (Å²) in [4.78, 5) is 21.2. The minimum absolute atomic E-state index is 0.125. The van der Waals surface area contributed by atoms with E-state index < -0.39 is 5.41 Å². The van der Waals surface area contributed by atoms with Crippen molar-refractivity contribution in [3.05, 3.63) is 46.1 Å². The second-order valence-electron chi connectivity index (χ2n) is 6.25. The van der Waals surface area contributed by atoms with Gasteiger partial charge in [-0.05, 0) is 38.2 Å². The summed E-state index contributed by atoms with van der Waals surface area (Å²) in [7, 11) is 0. The second kappa shape index (κ2) is 6.74. The van der Waals surface area contributed by atoms with Crippen molar-refractivity contribution in [2.75, 3.05) is 0 Å². The number of pyridine rings is 1. The van der Waals surface area contributed by atoms with Crippen LogP contribution in [0, 0.1) is 11.3 Å². The summed E-state index contributed by atoms with van der Waals surface area (Å²) in [6.07, 6.45) is 8.60. The number of fused-ring (bicyclic) bond motifs is 1. The van der Waals surface area contributed by atoms with E-state index >= 15 is 0 Å². The normalized spacial score (nSPS) is 15.2. The minimum atomic E-state index is -0.658. The third-order valence-corrected chi connectivity index (χ3v) is 4.90. The average Bonchev–Trinajstić information content (AvgIpc) is 3.37. The monoisotopic (exact) mass is 342 g/mol. The van der Waals surface area contributed by atoms with Crippen molar-refractivity contribution < 1.29 is 0 Å². The van der Waals surface area contributed by atoms with Gasteiger partial charge < -0.3 is 0 Å². The lowest BCUT2D eigenvalue weighted by molar-refractivity contribution is 0.582. The lowest BCUT2D eigenvalue weighted by atomic mass is 9.98. The Kier molecular flexibility index (Phi) is 4.68. The highest BCUT2D eigenvalue weighted by Gasteiger charge is 2.47. The summed E-state index contributed by atoms with van der Waals surface area (Å²) in [5.41, 5.74) is 0.288. The van der Waals surface area contributed by atoms with Crippen LogP contribution in [0.25, 0.3) is 11.0 Å². The maximum absolute atomic E-state index is 13.0. The summed E-state index contributed by atoms with van der Waals surface area (Å²) in [6, 6.07) is 4.01. The molecule has 0 bridgehead atoms. The Morgan fingerprint density at radius 3 is 2.83 bits per heavy atom. The number of hydrogen-bond donors (Lipinski definition) is 0. The first-order valence-corrected chi connectivity index (χ1v) is 8.57. The molecule has 1 aliphatic rings. The summed E-state index contributed by atoms with van der Waals surface area (Å²) in [5, 5.41) is 10.4. The van der Waals surface area contributed by atoms with Crippen molar-refractivity contribution in [1.82, 2.24) is 14.5 Å². The van der Waals surface area contributed by atoms with Crippen molar-refractivity contribution in [3.8, 4) is 6.07 Å².